The maximum atomic E-state index is 7.50. The molecule has 4 heterocycles. The molecule has 1 aliphatic heterocycles. The normalized spacial score (nSPS) is 16.3. The molecule has 0 amide bonds. The lowest BCUT2D eigenvalue weighted by Gasteiger charge is -2.29. The number of rotatable bonds is 7. The summed E-state index contributed by atoms with van der Waals surface area (Å²) in [4.78, 5) is 9.31. The van der Waals surface area contributed by atoms with E-state index >= 15 is 0 Å². The molecule has 5 rings (SSSR count). The van der Waals surface area contributed by atoms with Crippen molar-refractivity contribution < 1.29 is 4.74 Å². The van der Waals surface area contributed by atoms with Crippen molar-refractivity contribution in [2.24, 2.45) is 11.0 Å². The fraction of sp³-hybridized carbons (Fsp3) is 0.333. The van der Waals surface area contributed by atoms with Gasteiger partial charge in [-0.25, -0.2) is 10.5 Å². The zero-order valence-electron chi connectivity index (χ0n) is 20.0. The number of fused-ring (bicyclic) bond motifs is 3. The molecule has 1 atom stereocenters. The van der Waals surface area contributed by atoms with Crippen molar-refractivity contribution in [3.8, 4) is 0 Å². The fourth-order valence-corrected chi connectivity index (χ4v) is 5.48. The van der Waals surface area contributed by atoms with Gasteiger partial charge in [0.1, 0.15) is 0 Å². The molecule has 1 aliphatic rings. The van der Waals surface area contributed by atoms with E-state index in [0.717, 1.165) is 65.7 Å². The maximum Gasteiger partial charge on any atom is 0.153 e. The van der Waals surface area contributed by atoms with Crippen LogP contribution >= 0.6 is 11.6 Å². The van der Waals surface area contributed by atoms with Crippen LogP contribution in [0.4, 0.5) is 0 Å². The molecule has 3 aromatic heterocycles. The van der Waals surface area contributed by atoms with E-state index in [4.69, 9.17) is 26.9 Å². The number of nitrogens with one attached hydrogen (secondary N) is 2. The molecule has 8 heteroatoms. The molecule has 180 valence electrons. The van der Waals surface area contributed by atoms with E-state index in [1.807, 2.05) is 32.3 Å². The number of hydrogen-bond donors (Lipinski definition) is 2. The average Bonchev–Trinajstić information content (AvgIpc) is 3.23. The zero-order chi connectivity index (χ0) is 24.4. The first-order valence-corrected chi connectivity index (χ1v) is 12.3. The molecule has 7 nitrogen and oxygen atoms in total. The van der Waals surface area contributed by atoms with Gasteiger partial charge >= 0.3 is 0 Å². The Kier molecular flexibility index (Phi) is 6.79. The molecule has 1 aromatic carbocycles. The second-order valence-electron chi connectivity index (χ2n) is 9.00. The van der Waals surface area contributed by atoms with E-state index in [1.165, 1.54) is 5.56 Å². The summed E-state index contributed by atoms with van der Waals surface area (Å²) in [6.07, 6.45) is 6.64. The first-order valence-electron chi connectivity index (χ1n) is 12.0. The minimum Gasteiger partial charge on any atom is -0.386 e. The molecular weight excluding hydrogens is 460 g/mol. The standard InChI is InChI=1S/C27H29ClN6O/c1-17(33-29)24(30-2)20-15-23-25(32-16-20)21-8-11-31-27(28)26(21)34(23)22(19-6-4-3-5-7-19)14-18-9-12-35-13-10-18/h3-8,11,15-16,18,22,29-30H,9-10,12-14H2,1-2H3/b24-17-,33-29?. The van der Waals surface area contributed by atoms with Crippen LogP contribution in [0.1, 0.15) is 43.4 Å². The van der Waals surface area contributed by atoms with Gasteiger partial charge < -0.3 is 14.6 Å². The summed E-state index contributed by atoms with van der Waals surface area (Å²) in [7, 11) is 1.84. The number of halogens is 1. The van der Waals surface area contributed by atoms with Crippen LogP contribution in [-0.2, 0) is 4.74 Å². The summed E-state index contributed by atoms with van der Waals surface area (Å²) in [5.41, 5.74) is 13.7. The van der Waals surface area contributed by atoms with Crippen molar-refractivity contribution in [2.45, 2.75) is 32.2 Å². The van der Waals surface area contributed by atoms with Crippen LogP contribution in [0.5, 0.6) is 0 Å². The van der Waals surface area contributed by atoms with Gasteiger partial charge in [0.05, 0.1) is 34.0 Å². The van der Waals surface area contributed by atoms with Crippen LogP contribution in [0.3, 0.4) is 0 Å². The predicted molar refractivity (Wildman–Crippen MR) is 140 cm³/mol. The highest BCUT2D eigenvalue weighted by Gasteiger charge is 2.27. The van der Waals surface area contributed by atoms with Crippen molar-refractivity contribution in [2.75, 3.05) is 20.3 Å². The number of pyridine rings is 2. The number of allylic oxidation sites excluding steroid dienone is 1. The Morgan fingerprint density at radius 2 is 2.00 bits per heavy atom. The molecule has 1 saturated heterocycles. The van der Waals surface area contributed by atoms with Gasteiger partial charge in [-0.05, 0) is 49.8 Å². The molecule has 0 spiro atoms. The third-order valence-corrected chi connectivity index (χ3v) is 7.24. The Bertz CT molecular complexity index is 1390. The maximum absolute atomic E-state index is 7.50. The zero-order valence-corrected chi connectivity index (χ0v) is 20.7. The van der Waals surface area contributed by atoms with Gasteiger partial charge in [-0.1, -0.05) is 41.9 Å². The van der Waals surface area contributed by atoms with Gasteiger partial charge in [-0.2, -0.15) is 5.11 Å². The van der Waals surface area contributed by atoms with Crippen molar-refractivity contribution in [3.05, 3.63) is 76.8 Å². The molecule has 1 fully saturated rings. The molecule has 35 heavy (non-hydrogen) atoms. The molecule has 0 aliphatic carbocycles. The molecule has 1 unspecified atom stereocenters. The molecule has 0 radical (unpaired) electrons. The summed E-state index contributed by atoms with van der Waals surface area (Å²) in [6, 6.07) is 14.8. The van der Waals surface area contributed by atoms with Gasteiger partial charge in [0, 0.05) is 43.6 Å². The Morgan fingerprint density at radius 3 is 2.71 bits per heavy atom. The molecule has 4 aromatic rings. The van der Waals surface area contributed by atoms with Gasteiger partial charge in [0.2, 0.25) is 0 Å². The Hall–Kier alpha value is -3.29. The first kappa shape index (κ1) is 23.5. The number of nitrogens with zero attached hydrogens (tertiary/aromatic N) is 4. The third-order valence-electron chi connectivity index (χ3n) is 6.96. The van der Waals surface area contributed by atoms with Gasteiger partial charge in [0.15, 0.2) is 5.15 Å². The van der Waals surface area contributed by atoms with Crippen LogP contribution in [0.15, 0.2) is 65.7 Å². The quantitative estimate of drug-likeness (QED) is 0.227. The van der Waals surface area contributed by atoms with E-state index in [9.17, 15) is 0 Å². The summed E-state index contributed by atoms with van der Waals surface area (Å²) in [5.74, 6) is 0.546. The molecular formula is C27H29ClN6O. The van der Waals surface area contributed by atoms with E-state index in [1.54, 1.807) is 6.20 Å². The summed E-state index contributed by atoms with van der Waals surface area (Å²) >= 11 is 6.77. The minimum atomic E-state index is 0.0574. The summed E-state index contributed by atoms with van der Waals surface area (Å²) in [5, 5.41) is 8.29. The summed E-state index contributed by atoms with van der Waals surface area (Å²) < 4.78 is 7.96. The average molecular weight is 489 g/mol. The predicted octanol–water partition coefficient (Wildman–Crippen LogP) is 6.58. The van der Waals surface area contributed by atoms with Gasteiger partial charge in [-0.3, -0.25) is 4.98 Å². The van der Waals surface area contributed by atoms with Gasteiger partial charge in [-0.15, -0.1) is 0 Å². The number of benzene rings is 1. The van der Waals surface area contributed by atoms with Crippen molar-refractivity contribution in [1.29, 1.82) is 5.53 Å². The van der Waals surface area contributed by atoms with Crippen molar-refractivity contribution in [1.82, 2.24) is 19.9 Å². The van der Waals surface area contributed by atoms with Crippen molar-refractivity contribution >= 4 is 39.2 Å². The van der Waals surface area contributed by atoms with Gasteiger partial charge in [0.25, 0.3) is 0 Å². The lowest BCUT2D eigenvalue weighted by atomic mass is 9.89. The minimum absolute atomic E-state index is 0.0574. The highest BCUT2D eigenvalue weighted by atomic mass is 35.5. The molecule has 0 saturated carbocycles. The van der Waals surface area contributed by atoms with E-state index < -0.39 is 0 Å². The highest BCUT2D eigenvalue weighted by molar-refractivity contribution is 6.35. The van der Waals surface area contributed by atoms with E-state index in [-0.39, 0.29) is 6.04 Å². The van der Waals surface area contributed by atoms with Crippen LogP contribution in [0.25, 0.3) is 27.6 Å². The van der Waals surface area contributed by atoms with E-state index in [0.29, 0.717) is 16.8 Å². The number of aromatic nitrogens is 3. The lowest BCUT2D eigenvalue weighted by Crippen LogP contribution is -2.21. The van der Waals surface area contributed by atoms with Crippen LogP contribution < -0.4 is 5.32 Å². The number of ether oxygens (including phenoxy) is 1. The third kappa shape index (κ3) is 4.42. The first-order chi connectivity index (χ1) is 17.1. The SMILES string of the molecule is CN/C(=C(/C)N=N)c1cnc2c3ccnc(Cl)c3n(C(CC3CCOCC3)c3ccccc3)c2c1. The largest absolute Gasteiger partial charge is 0.386 e. The Balaban J connectivity index is 1.79. The number of hydrogen-bond acceptors (Lipinski definition) is 6. The highest BCUT2D eigenvalue weighted by Crippen LogP contribution is 2.40. The second kappa shape index (κ2) is 10.1. The lowest BCUT2D eigenvalue weighted by molar-refractivity contribution is 0.0610. The fourth-order valence-electron chi connectivity index (χ4n) is 5.23. The topological polar surface area (TPSA) is 88.2 Å². The Labute approximate surface area is 209 Å². The van der Waals surface area contributed by atoms with Crippen LogP contribution in [0.2, 0.25) is 5.15 Å². The second-order valence-corrected chi connectivity index (χ2v) is 9.36. The Morgan fingerprint density at radius 1 is 1.23 bits per heavy atom. The van der Waals surface area contributed by atoms with Crippen molar-refractivity contribution in [3.63, 3.8) is 0 Å². The monoisotopic (exact) mass is 488 g/mol. The van der Waals surface area contributed by atoms with E-state index in [2.05, 4.69) is 50.3 Å². The molecule has 2 N–H and O–H groups in total. The molecule has 0 bridgehead atoms. The van der Waals surface area contributed by atoms with Crippen LogP contribution in [0, 0.1) is 11.4 Å². The van der Waals surface area contributed by atoms with Crippen LogP contribution in [-0.4, -0.2) is 34.8 Å². The summed E-state index contributed by atoms with van der Waals surface area (Å²) in [6.45, 7) is 3.43. The smallest absolute Gasteiger partial charge is 0.153 e.